The van der Waals surface area contributed by atoms with Gasteiger partial charge in [-0.15, -0.1) is 0 Å². The van der Waals surface area contributed by atoms with Gasteiger partial charge in [0.15, 0.2) is 0 Å². The Morgan fingerprint density at radius 1 is 1.33 bits per heavy atom. The zero-order valence-electron chi connectivity index (χ0n) is 11.8. The molecule has 0 aliphatic carbocycles. The number of nitrogens with zero attached hydrogens (tertiary/aromatic N) is 5. The minimum atomic E-state index is 0.486. The Kier molecular flexibility index (Phi) is 3.03. The molecule has 0 fully saturated rings. The van der Waals surface area contributed by atoms with Gasteiger partial charge in [-0.1, -0.05) is 6.07 Å². The van der Waals surface area contributed by atoms with Crippen LogP contribution in [-0.2, 0) is 6.54 Å². The molecule has 0 spiro atoms. The lowest BCUT2D eigenvalue weighted by Crippen LogP contribution is -2.05. The number of hydrogen-bond donors (Lipinski definition) is 1. The molecule has 0 saturated heterocycles. The summed E-state index contributed by atoms with van der Waals surface area (Å²) in [4.78, 5) is 12.9. The molecule has 2 N–H and O–H groups in total. The van der Waals surface area contributed by atoms with Gasteiger partial charge in [0.25, 0.3) is 0 Å². The molecule has 0 aliphatic rings. The van der Waals surface area contributed by atoms with Crippen LogP contribution in [0.25, 0.3) is 11.0 Å². The minimum Gasteiger partial charge on any atom is -0.383 e. The Labute approximate surface area is 121 Å². The Morgan fingerprint density at radius 2 is 2.14 bits per heavy atom. The summed E-state index contributed by atoms with van der Waals surface area (Å²) < 4.78 is 1.92. The summed E-state index contributed by atoms with van der Waals surface area (Å²) in [7, 11) is 0. The lowest BCUT2D eigenvalue weighted by Gasteiger charge is -2.07. The fourth-order valence-corrected chi connectivity index (χ4v) is 2.47. The molecule has 0 bridgehead atoms. The molecule has 3 aromatic heterocycles. The van der Waals surface area contributed by atoms with Gasteiger partial charge in [-0.2, -0.15) is 5.26 Å². The van der Waals surface area contributed by atoms with E-state index in [4.69, 9.17) is 5.73 Å². The van der Waals surface area contributed by atoms with E-state index in [-0.39, 0.29) is 0 Å². The summed E-state index contributed by atoms with van der Waals surface area (Å²) in [5, 5.41) is 10.1. The second-order valence-corrected chi connectivity index (χ2v) is 4.89. The van der Waals surface area contributed by atoms with Gasteiger partial charge in [-0.3, -0.25) is 0 Å². The highest BCUT2D eigenvalue weighted by Crippen LogP contribution is 2.23. The van der Waals surface area contributed by atoms with E-state index < -0.39 is 0 Å². The molecule has 6 nitrogen and oxygen atoms in total. The number of rotatable bonds is 2. The first-order chi connectivity index (χ1) is 10.1. The second-order valence-electron chi connectivity index (χ2n) is 4.89. The average Bonchev–Trinajstić information content (AvgIpc) is 2.79. The SMILES string of the molecule is Cc1nc(C)c2c(C#N)cn(Cc3cccnc3N)c2n1. The maximum Gasteiger partial charge on any atom is 0.145 e. The van der Waals surface area contributed by atoms with Crippen LogP contribution >= 0.6 is 0 Å². The van der Waals surface area contributed by atoms with Crippen LogP contribution in [0, 0.1) is 25.2 Å². The topological polar surface area (TPSA) is 93.4 Å². The molecule has 6 heteroatoms. The molecule has 21 heavy (non-hydrogen) atoms. The summed E-state index contributed by atoms with van der Waals surface area (Å²) in [5.74, 6) is 1.17. The highest BCUT2D eigenvalue weighted by Gasteiger charge is 2.14. The number of nitrogens with two attached hydrogens (primary N) is 1. The van der Waals surface area contributed by atoms with Crippen LogP contribution in [-0.4, -0.2) is 19.5 Å². The number of pyridine rings is 1. The summed E-state index contributed by atoms with van der Waals surface area (Å²) in [5.41, 5.74) is 8.92. The maximum absolute atomic E-state index is 9.31. The first-order valence-corrected chi connectivity index (χ1v) is 6.53. The zero-order valence-corrected chi connectivity index (χ0v) is 11.8. The van der Waals surface area contributed by atoms with Crippen molar-refractivity contribution in [3.63, 3.8) is 0 Å². The Hall–Kier alpha value is -2.94. The van der Waals surface area contributed by atoms with Gasteiger partial charge in [0.1, 0.15) is 23.4 Å². The van der Waals surface area contributed by atoms with Crippen LogP contribution in [0.5, 0.6) is 0 Å². The van der Waals surface area contributed by atoms with Crippen molar-refractivity contribution < 1.29 is 0 Å². The summed E-state index contributed by atoms with van der Waals surface area (Å²) in [6.07, 6.45) is 3.45. The molecule has 3 heterocycles. The fraction of sp³-hybridized carbons (Fsp3) is 0.200. The van der Waals surface area contributed by atoms with Gasteiger partial charge < -0.3 is 10.3 Å². The van der Waals surface area contributed by atoms with E-state index in [2.05, 4.69) is 21.0 Å². The van der Waals surface area contributed by atoms with Crippen LogP contribution in [0.1, 0.15) is 22.6 Å². The minimum absolute atomic E-state index is 0.486. The summed E-state index contributed by atoms with van der Waals surface area (Å²) in [6.45, 7) is 4.25. The third kappa shape index (κ3) is 2.19. The Bertz CT molecular complexity index is 872. The smallest absolute Gasteiger partial charge is 0.145 e. The second kappa shape index (κ2) is 4.87. The summed E-state index contributed by atoms with van der Waals surface area (Å²) in [6, 6.07) is 5.96. The molecule has 0 aromatic carbocycles. The quantitative estimate of drug-likeness (QED) is 0.773. The molecular weight excluding hydrogens is 264 g/mol. The normalized spacial score (nSPS) is 10.7. The van der Waals surface area contributed by atoms with Crippen LogP contribution in [0.4, 0.5) is 5.82 Å². The molecule has 0 atom stereocenters. The number of anilines is 1. The molecular formula is C15H14N6. The summed E-state index contributed by atoms with van der Waals surface area (Å²) >= 11 is 0. The first-order valence-electron chi connectivity index (χ1n) is 6.53. The molecule has 0 amide bonds. The number of aromatic nitrogens is 4. The molecule has 0 radical (unpaired) electrons. The third-order valence-electron chi connectivity index (χ3n) is 3.40. The van der Waals surface area contributed by atoms with E-state index in [1.165, 1.54) is 0 Å². The highest BCUT2D eigenvalue weighted by molar-refractivity contribution is 5.85. The van der Waals surface area contributed by atoms with Gasteiger partial charge in [-0.25, -0.2) is 15.0 Å². The van der Waals surface area contributed by atoms with Crippen molar-refractivity contribution >= 4 is 16.9 Å². The molecule has 0 saturated carbocycles. The third-order valence-corrected chi connectivity index (χ3v) is 3.40. The van der Waals surface area contributed by atoms with Crippen molar-refractivity contribution in [2.45, 2.75) is 20.4 Å². The maximum atomic E-state index is 9.31. The average molecular weight is 278 g/mol. The predicted molar refractivity (Wildman–Crippen MR) is 79.5 cm³/mol. The van der Waals surface area contributed by atoms with Gasteiger partial charge in [0.2, 0.25) is 0 Å². The largest absolute Gasteiger partial charge is 0.383 e. The van der Waals surface area contributed by atoms with Gasteiger partial charge >= 0.3 is 0 Å². The lowest BCUT2D eigenvalue weighted by atomic mass is 10.2. The van der Waals surface area contributed by atoms with Crippen molar-refractivity contribution in [3.05, 3.63) is 47.2 Å². The van der Waals surface area contributed by atoms with Crippen LogP contribution in [0.15, 0.2) is 24.5 Å². The highest BCUT2D eigenvalue weighted by atomic mass is 15.1. The van der Waals surface area contributed by atoms with Gasteiger partial charge in [0, 0.05) is 18.0 Å². The van der Waals surface area contributed by atoms with Crippen LogP contribution in [0.3, 0.4) is 0 Å². The van der Waals surface area contributed by atoms with Crippen molar-refractivity contribution in [3.8, 4) is 6.07 Å². The zero-order chi connectivity index (χ0) is 15.0. The van der Waals surface area contributed by atoms with Crippen LogP contribution < -0.4 is 5.73 Å². The first kappa shape index (κ1) is 13.1. The van der Waals surface area contributed by atoms with Gasteiger partial charge in [-0.05, 0) is 19.9 Å². The van der Waals surface area contributed by atoms with E-state index in [0.717, 1.165) is 22.3 Å². The number of nitrogen functional groups attached to an aromatic ring is 1. The van der Waals surface area contributed by atoms with E-state index in [9.17, 15) is 5.26 Å². The van der Waals surface area contributed by atoms with Crippen LogP contribution in [0.2, 0.25) is 0 Å². The van der Waals surface area contributed by atoms with E-state index in [1.54, 1.807) is 12.4 Å². The van der Waals surface area contributed by atoms with E-state index >= 15 is 0 Å². The number of nitriles is 1. The number of hydrogen-bond acceptors (Lipinski definition) is 5. The van der Waals surface area contributed by atoms with Gasteiger partial charge in [0.05, 0.1) is 23.2 Å². The van der Waals surface area contributed by atoms with Crippen molar-refractivity contribution in [2.24, 2.45) is 0 Å². The Morgan fingerprint density at radius 3 is 2.86 bits per heavy atom. The molecule has 0 aliphatic heterocycles. The molecule has 3 aromatic rings. The molecule has 104 valence electrons. The predicted octanol–water partition coefficient (Wildman–Crippen LogP) is 1.95. The van der Waals surface area contributed by atoms with Crippen molar-refractivity contribution in [1.29, 1.82) is 5.26 Å². The number of aryl methyl sites for hydroxylation is 2. The van der Waals surface area contributed by atoms with Crippen molar-refractivity contribution in [2.75, 3.05) is 5.73 Å². The molecule has 0 unspecified atom stereocenters. The lowest BCUT2D eigenvalue weighted by molar-refractivity contribution is 0.816. The van der Waals surface area contributed by atoms with E-state index in [0.29, 0.717) is 23.8 Å². The Balaban J connectivity index is 2.20. The monoisotopic (exact) mass is 278 g/mol. The van der Waals surface area contributed by atoms with E-state index in [1.807, 2.05) is 30.5 Å². The van der Waals surface area contributed by atoms with Crippen molar-refractivity contribution in [1.82, 2.24) is 19.5 Å². The fourth-order valence-electron chi connectivity index (χ4n) is 2.47. The molecule has 3 rings (SSSR count). The standard InChI is InChI=1S/C15H14N6/c1-9-13-12(6-16)8-21(15(13)20-10(2)19-9)7-11-4-3-5-18-14(11)17/h3-5,8H,7H2,1-2H3,(H2,17,18). The number of fused-ring (bicyclic) bond motifs is 1.